The van der Waals surface area contributed by atoms with Crippen LogP contribution in [0.25, 0.3) is 0 Å². The van der Waals surface area contributed by atoms with Crippen LogP contribution in [0.5, 0.6) is 0 Å². The maximum atomic E-state index is 13.1. The lowest BCUT2D eigenvalue weighted by Gasteiger charge is -2.27. The molecule has 1 aromatic carbocycles. The zero-order chi connectivity index (χ0) is 16.2. The Morgan fingerprint density at radius 1 is 1.23 bits per heavy atom. The maximum Gasteiger partial charge on any atom is 0.408 e. The molecule has 22 heavy (non-hydrogen) atoms. The summed E-state index contributed by atoms with van der Waals surface area (Å²) in [5, 5.41) is 12.0. The Labute approximate surface area is 127 Å². The van der Waals surface area contributed by atoms with Gasteiger partial charge in [0.15, 0.2) is 0 Å². The number of aliphatic hydroxyl groups is 1. The van der Waals surface area contributed by atoms with Crippen molar-refractivity contribution >= 4 is 5.91 Å². The summed E-state index contributed by atoms with van der Waals surface area (Å²) in [7, 11) is 0. The van der Waals surface area contributed by atoms with E-state index in [1.54, 1.807) is 30.3 Å². The molecule has 6 heteroatoms. The molecule has 0 aliphatic heterocycles. The third kappa shape index (κ3) is 4.47. The van der Waals surface area contributed by atoms with Gasteiger partial charge in [-0.1, -0.05) is 43.2 Å². The summed E-state index contributed by atoms with van der Waals surface area (Å²) in [6.45, 7) is 0. The first kappa shape index (κ1) is 16.8. The lowest BCUT2D eigenvalue weighted by molar-refractivity contribution is -0.172. The number of alkyl halides is 3. The van der Waals surface area contributed by atoms with Gasteiger partial charge in [0.2, 0.25) is 5.91 Å². The average Bonchev–Trinajstić information content (AvgIpc) is 2.98. The molecule has 2 atom stereocenters. The quantitative estimate of drug-likeness (QED) is 0.875. The molecule has 0 aromatic heterocycles. The van der Waals surface area contributed by atoms with Gasteiger partial charge in [-0.2, -0.15) is 13.2 Å². The van der Waals surface area contributed by atoms with Crippen molar-refractivity contribution in [1.29, 1.82) is 0 Å². The molecule has 3 nitrogen and oxygen atoms in total. The lowest BCUT2D eigenvalue weighted by Crippen LogP contribution is -2.49. The fourth-order valence-electron chi connectivity index (χ4n) is 2.96. The van der Waals surface area contributed by atoms with Crippen LogP contribution in [-0.4, -0.2) is 23.2 Å². The molecule has 1 fully saturated rings. The molecule has 0 spiro atoms. The Kier molecular flexibility index (Phi) is 5.45. The molecule has 2 N–H and O–H groups in total. The number of nitrogens with one attached hydrogen (secondary N) is 1. The van der Waals surface area contributed by atoms with Gasteiger partial charge < -0.3 is 10.4 Å². The molecule has 2 rings (SSSR count). The number of carbonyl (C=O) groups excluding carboxylic acids is 1. The molecule has 2 unspecified atom stereocenters. The second-order valence-corrected chi connectivity index (χ2v) is 5.76. The van der Waals surface area contributed by atoms with Crippen LogP contribution >= 0.6 is 0 Å². The fraction of sp³-hybridized carbons (Fsp3) is 0.562. The van der Waals surface area contributed by atoms with E-state index in [2.05, 4.69) is 5.32 Å². The molecule has 0 radical (unpaired) electrons. The van der Waals surface area contributed by atoms with E-state index < -0.39 is 30.1 Å². The van der Waals surface area contributed by atoms with Crippen LogP contribution in [0, 0.1) is 5.92 Å². The molecule has 0 heterocycles. The Hall–Kier alpha value is -1.56. The molecule has 0 bridgehead atoms. The van der Waals surface area contributed by atoms with E-state index in [0.29, 0.717) is 18.4 Å². The lowest BCUT2D eigenvalue weighted by atomic mass is 9.97. The molecule has 122 valence electrons. The normalized spacial score (nSPS) is 18.9. The van der Waals surface area contributed by atoms with Gasteiger partial charge >= 0.3 is 6.18 Å². The number of halogens is 3. The summed E-state index contributed by atoms with van der Waals surface area (Å²) in [4.78, 5) is 11.9. The largest absolute Gasteiger partial charge is 0.408 e. The highest BCUT2D eigenvalue weighted by atomic mass is 19.4. The van der Waals surface area contributed by atoms with Crippen LogP contribution in [0.3, 0.4) is 0 Å². The van der Waals surface area contributed by atoms with Gasteiger partial charge in [0.1, 0.15) is 6.04 Å². The first-order valence-electron chi connectivity index (χ1n) is 7.47. The predicted octanol–water partition coefficient (Wildman–Crippen LogP) is 3.35. The Bertz CT molecular complexity index is 484. The van der Waals surface area contributed by atoms with Crippen LogP contribution in [0.1, 0.15) is 43.8 Å². The van der Waals surface area contributed by atoms with E-state index >= 15 is 0 Å². The van der Waals surface area contributed by atoms with Crippen LogP contribution in [0.4, 0.5) is 13.2 Å². The van der Waals surface area contributed by atoms with E-state index in [1.165, 1.54) is 0 Å². The summed E-state index contributed by atoms with van der Waals surface area (Å²) in [6, 6.07) is 6.62. The van der Waals surface area contributed by atoms with Crippen LogP contribution in [-0.2, 0) is 4.79 Å². The topological polar surface area (TPSA) is 49.3 Å². The minimum absolute atomic E-state index is 0.372. The maximum absolute atomic E-state index is 13.1. The van der Waals surface area contributed by atoms with Crippen molar-refractivity contribution in [2.24, 2.45) is 5.92 Å². The molecular weight excluding hydrogens is 295 g/mol. The van der Waals surface area contributed by atoms with Gasteiger partial charge in [-0.15, -0.1) is 0 Å². The Morgan fingerprint density at radius 2 is 1.82 bits per heavy atom. The first-order valence-corrected chi connectivity index (χ1v) is 7.47. The van der Waals surface area contributed by atoms with Crippen molar-refractivity contribution < 1.29 is 23.1 Å². The van der Waals surface area contributed by atoms with Gasteiger partial charge in [-0.25, -0.2) is 0 Å². The second kappa shape index (κ2) is 7.13. The summed E-state index contributed by atoms with van der Waals surface area (Å²) < 4.78 is 39.3. The SMILES string of the molecule is O=C(CC(O)c1ccccc1)NC(C1CCCC1)C(F)(F)F. The van der Waals surface area contributed by atoms with Gasteiger partial charge in [-0.05, 0) is 24.3 Å². The molecule has 1 amide bonds. The van der Waals surface area contributed by atoms with Crippen molar-refractivity contribution in [3.8, 4) is 0 Å². The van der Waals surface area contributed by atoms with E-state index in [4.69, 9.17) is 0 Å². The minimum Gasteiger partial charge on any atom is -0.388 e. The number of rotatable bonds is 5. The van der Waals surface area contributed by atoms with Gasteiger partial charge in [0.25, 0.3) is 0 Å². The zero-order valence-electron chi connectivity index (χ0n) is 12.1. The fourth-order valence-corrected chi connectivity index (χ4v) is 2.96. The summed E-state index contributed by atoms with van der Waals surface area (Å²) >= 11 is 0. The van der Waals surface area contributed by atoms with Crippen molar-refractivity contribution in [2.45, 2.75) is 50.4 Å². The number of hydrogen-bond donors (Lipinski definition) is 2. The Balaban J connectivity index is 1.96. The smallest absolute Gasteiger partial charge is 0.388 e. The average molecular weight is 315 g/mol. The number of aliphatic hydroxyl groups excluding tert-OH is 1. The van der Waals surface area contributed by atoms with E-state index in [-0.39, 0.29) is 6.42 Å². The van der Waals surface area contributed by atoms with Gasteiger partial charge in [0.05, 0.1) is 12.5 Å². The summed E-state index contributed by atoms with van der Waals surface area (Å²) in [6.07, 6.45) is -3.44. The third-order valence-corrected chi connectivity index (χ3v) is 4.10. The minimum atomic E-state index is -4.46. The predicted molar refractivity (Wildman–Crippen MR) is 76.0 cm³/mol. The number of amides is 1. The molecule has 1 aromatic rings. The van der Waals surface area contributed by atoms with Crippen LogP contribution in [0.15, 0.2) is 30.3 Å². The van der Waals surface area contributed by atoms with Gasteiger partial charge in [0, 0.05) is 0 Å². The zero-order valence-corrected chi connectivity index (χ0v) is 12.1. The van der Waals surface area contributed by atoms with E-state index in [0.717, 1.165) is 12.8 Å². The number of hydrogen-bond acceptors (Lipinski definition) is 2. The van der Waals surface area contributed by atoms with Crippen LogP contribution in [0.2, 0.25) is 0 Å². The molecular formula is C16H20F3NO2. The first-order chi connectivity index (χ1) is 10.4. The van der Waals surface area contributed by atoms with E-state index in [9.17, 15) is 23.1 Å². The molecule has 0 saturated heterocycles. The Morgan fingerprint density at radius 3 is 2.36 bits per heavy atom. The summed E-state index contributed by atoms with van der Waals surface area (Å²) in [5.41, 5.74) is 0.516. The van der Waals surface area contributed by atoms with E-state index in [1.807, 2.05) is 0 Å². The monoisotopic (exact) mass is 315 g/mol. The molecule has 1 saturated carbocycles. The number of benzene rings is 1. The summed E-state index contributed by atoms with van der Waals surface area (Å²) in [5.74, 6) is -1.33. The van der Waals surface area contributed by atoms with Crippen molar-refractivity contribution in [3.05, 3.63) is 35.9 Å². The second-order valence-electron chi connectivity index (χ2n) is 5.76. The van der Waals surface area contributed by atoms with Crippen molar-refractivity contribution in [1.82, 2.24) is 5.32 Å². The molecule has 1 aliphatic carbocycles. The standard InChI is InChI=1S/C16H20F3NO2/c17-16(18,19)15(12-8-4-5-9-12)20-14(22)10-13(21)11-6-2-1-3-7-11/h1-3,6-7,12-13,15,21H,4-5,8-10H2,(H,20,22). The highest BCUT2D eigenvalue weighted by molar-refractivity contribution is 5.77. The molecule has 1 aliphatic rings. The highest BCUT2D eigenvalue weighted by Crippen LogP contribution is 2.35. The van der Waals surface area contributed by atoms with Crippen molar-refractivity contribution in [3.63, 3.8) is 0 Å². The van der Waals surface area contributed by atoms with Crippen LogP contribution < -0.4 is 5.32 Å². The van der Waals surface area contributed by atoms with Gasteiger partial charge in [-0.3, -0.25) is 4.79 Å². The number of carbonyl (C=O) groups is 1. The van der Waals surface area contributed by atoms with Crippen molar-refractivity contribution in [2.75, 3.05) is 0 Å². The highest BCUT2D eigenvalue weighted by Gasteiger charge is 2.46. The third-order valence-electron chi connectivity index (χ3n) is 4.10.